The van der Waals surface area contributed by atoms with Gasteiger partial charge in [-0.1, -0.05) is 37.3 Å². The highest BCUT2D eigenvalue weighted by Gasteiger charge is 2.58. The molecule has 2 saturated carbocycles. The van der Waals surface area contributed by atoms with Gasteiger partial charge in [0.25, 0.3) is 0 Å². The fourth-order valence-electron chi connectivity index (χ4n) is 4.76. The van der Waals surface area contributed by atoms with Gasteiger partial charge in [0.05, 0.1) is 5.60 Å². The monoisotopic (exact) mass is 406 g/mol. The van der Waals surface area contributed by atoms with E-state index in [4.69, 9.17) is 30.9 Å². The van der Waals surface area contributed by atoms with Crippen LogP contribution < -0.4 is 16.6 Å². The minimum Gasteiger partial charge on any atom is -0.473 e. The van der Waals surface area contributed by atoms with Gasteiger partial charge in [-0.05, 0) is 49.5 Å². The molecule has 0 spiro atoms. The van der Waals surface area contributed by atoms with Crippen molar-refractivity contribution >= 4 is 17.9 Å². The number of nitrogens with two attached hydrogens (primary N) is 1. The lowest BCUT2D eigenvalue weighted by Gasteiger charge is -2.49. The van der Waals surface area contributed by atoms with E-state index in [2.05, 4.69) is 42.0 Å². The maximum absolute atomic E-state index is 11.4. The van der Waals surface area contributed by atoms with Crippen molar-refractivity contribution in [1.82, 2.24) is 10.9 Å². The molecule has 0 aromatic heterocycles. The van der Waals surface area contributed by atoms with E-state index in [0.717, 1.165) is 38.6 Å². The molecule has 0 aliphatic heterocycles. The van der Waals surface area contributed by atoms with Gasteiger partial charge < -0.3 is 21.1 Å². The normalized spacial score (nSPS) is 30.4. The number of hydrogen-bond acceptors (Lipinski definition) is 5. The van der Waals surface area contributed by atoms with Crippen LogP contribution in [0, 0.1) is 16.7 Å². The molecule has 9 heteroatoms. The molecule has 2 fully saturated rings. The average Bonchev–Trinajstić information content (AvgIpc) is 2.93. The van der Waals surface area contributed by atoms with Gasteiger partial charge in [0, 0.05) is 12.0 Å². The summed E-state index contributed by atoms with van der Waals surface area (Å²) in [5.41, 5.74) is 11.7. The Bertz CT molecular complexity index is 732. The quantitative estimate of drug-likeness (QED) is 0.170. The lowest BCUT2D eigenvalue weighted by molar-refractivity contribution is -0.159. The molecule has 1 aromatic rings. The number of hydrogen-bond donors (Lipinski definition) is 7. The summed E-state index contributed by atoms with van der Waals surface area (Å²) in [6.07, 6.45) is 4.89. The Hall–Kier alpha value is -2.65. The fourth-order valence-corrected chi connectivity index (χ4v) is 4.76. The molecule has 4 unspecified atom stereocenters. The second-order valence-corrected chi connectivity index (χ2v) is 8.06. The number of hydrazine groups is 1. The van der Waals surface area contributed by atoms with E-state index in [0.29, 0.717) is 11.8 Å². The summed E-state index contributed by atoms with van der Waals surface area (Å²) in [5.74, 6) is -2.87. The largest absolute Gasteiger partial charge is 0.473 e. The Morgan fingerprint density at radius 2 is 1.79 bits per heavy atom. The van der Waals surface area contributed by atoms with Gasteiger partial charge in [-0.3, -0.25) is 10.8 Å². The topological polar surface area (TPSA) is 169 Å². The molecule has 0 amide bonds. The van der Waals surface area contributed by atoms with Gasteiger partial charge in [-0.15, -0.1) is 0 Å². The average molecular weight is 406 g/mol. The first-order valence-corrected chi connectivity index (χ1v) is 9.65. The van der Waals surface area contributed by atoms with Crippen molar-refractivity contribution in [3.8, 4) is 0 Å². The van der Waals surface area contributed by atoms with E-state index >= 15 is 0 Å². The molecule has 9 nitrogen and oxygen atoms in total. The minimum absolute atomic E-state index is 0.0657. The van der Waals surface area contributed by atoms with E-state index in [9.17, 15) is 5.11 Å². The Kier molecular flexibility index (Phi) is 7.21. The summed E-state index contributed by atoms with van der Waals surface area (Å²) in [4.78, 5) is 18.2. The van der Waals surface area contributed by atoms with Crippen molar-refractivity contribution in [2.24, 2.45) is 17.1 Å². The fraction of sp³-hybridized carbons (Fsp3) is 0.550. The molecule has 0 radical (unpaired) electrons. The van der Waals surface area contributed by atoms with Crippen LogP contribution in [0.5, 0.6) is 0 Å². The highest BCUT2D eigenvalue weighted by Crippen LogP contribution is 2.60. The summed E-state index contributed by atoms with van der Waals surface area (Å²) >= 11 is 0. The number of rotatable bonds is 4. The van der Waals surface area contributed by atoms with Crippen LogP contribution in [0.15, 0.2) is 30.3 Å². The highest BCUT2D eigenvalue weighted by molar-refractivity contribution is 6.27. The van der Waals surface area contributed by atoms with Crippen LogP contribution in [-0.4, -0.2) is 45.4 Å². The summed E-state index contributed by atoms with van der Waals surface area (Å²) < 4.78 is 0. The van der Waals surface area contributed by atoms with Gasteiger partial charge in [0.1, 0.15) is 0 Å². The van der Waals surface area contributed by atoms with Crippen molar-refractivity contribution in [1.29, 1.82) is 5.41 Å². The number of carboxylic acid groups (broad SMARTS) is 2. The SMILES string of the molecule is CC12CCC(c3ccccc3)CC1(O)CCC2CNNC(=N)N.O=C(O)C(=O)O. The molecule has 160 valence electrons. The molecular weight excluding hydrogens is 376 g/mol. The predicted octanol–water partition coefficient (Wildman–Crippen LogP) is 1.24. The third-order valence-corrected chi connectivity index (χ3v) is 6.49. The molecule has 0 heterocycles. The Morgan fingerprint density at radius 1 is 1.17 bits per heavy atom. The number of benzene rings is 1. The van der Waals surface area contributed by atoms with Gasteiger partial charge in [0.15, 0.2) is 5.96 Å². The zero-order chi connectivity index (χ0) is 21.7. The minimum atomic E-state index is -1.82. The van der Waals surface area contributed by atoms with Crippen molar-refractivity contribution in [2.75, 3.05) is 6.54 Å². The first-order chi connectivity index (χ1) is 13.6. The third kappa shape index (κ3) is 5.24. The maximum Gasteiger partial charge on any atom is 0.414 e. The highest BCUT2D eigenvalue weighted by atomic mass is 16.4. The zero-order valence-electron chi connectivity index (χ0n) is 16.5. The van der Waals surface area contributed by atoms with E-state index in [1.54, 1.807) is 0 Å². The van der Waals surface area contributed by atoms with Gasteiger partial charge >= 0.3 is 11.9 Å². The molecule has 29 heavy (non-hydrogen) atoms. The Labute approximate surface area is 169 Å². The smallest absolute Gasteiger partial charge is 0.414 e. The summed E-state index contributed by atoms with van der Waals surface area (Å²) in [5, 5.41) is 33.4. The Balaban J connectivity index is 0.000000438. The Morgan fingerprint density at radius 3 is 2.34 bits per heavy atom. The van der Waals surface area contributed by atoms with Crippen LogP contribution in [0.4, 0.5) is 0 Å². The van der Waals surface area contributed by atoms with E-state index in [1.807, 2.05) is 6.07 Å². The second-order valence-electron chi connectivity index (χ2n) is 8.06. The molecule has 4 atom stereocenters. The number of carbonyl (C=O) groups is 2. The lowest BCUT2D eigenvalue weighted by Crippen LogP contribution is -2.52. The number of guanidine groups is 1. The van der Waals surface area contributed by atoms with Crippen LogP contribution in [0.1, 0.15) is 50.5 Å². The molecule has 0 bridgehead atoms. The van der Waals surface area contributed by atoms with Crippen LogP contribution in [0.25, 0.3) is 0 Å². The molecular formula is C20H30N4O5. The molecule has 8 N–H and O–H groups in total. The second kappa shape index (κ2) is 9.23. The predicted molar refractivity (Wildman–Crippen MR) is 107 cm³/mol. The van der Waals surface area contributed by atoms with E-state index in [-0.39, 0.29) is 11.4 Å². The number of carboxylic acids is 2. The molecule has 2 aliphatic rings. The molecule has 2 aliphatic carbocycles. The zero-order valence-corrected chi connectivity index (χ0v) is 16.5. The standard InChI is InChI=1S/C18H28N4O.C2H2O4/c1-17-9-7-14(13-5-3-2-4-6-13)11-18(17,23)10-8-15(17)12-21-22-16(19)20;3-1(4)2(5)6/h2-6,14-15,21,23H,7-12H2,1H3,(H4,19,20,22);(H,3,4)(H,5,6). The number of aliphatic hydroxyl groups is 1. The first kappa shape index (κ1) is 22.6. The lowest BCUT2D eigenvalue weighted by atomic mass is 9.59. The van der Waals surface area contributed by atoms with Gasteiger partial charge in [0.2, 0.25) is 0 Å². The molecule has 3 rings (SSSR count). The van der Waals surface area contributed by atoms with Crippen LogP contribution in [-0.2, 0) is 9.59 Å². The van der Waals surface area contributed by atoms with E-state index < -0.39 is 17.5 Å². The first-order valence-electron chi connectivity index (χ1n) is 9.65. The molecule has 1 aromatic carbocycles. The molecule has 0 saturated heterocycles. The van der Waals surface area contributed by atoms with Crippen LogP contribution in [0.3, 0.4) is 0 Å². The van der Waals surface area contributed by atoms with Gasteiger partial charge in [-0.25, -0.2) is 15.0 Å². The summed E-state index contributed by atoms with van der Waals surface area (Å²) in [6.45, 7) is 2.97. The summed E-state index contributed by atoms with van der Waals surface area (Å²) in [7, 11) is 0. The number of fused-ring (bicyclic) bond motifs is 1. The van der Waals surface area contributed by atoms with Crippen molar-refractivity contribution in [3.05, 3.63) is 35.9 Å². The van der Waals surface area contributed by atoms with Gasteiger partial charge in [-0.2, -0.15) is 0 Å². The summed E-state index contributed by atoms with van der Waals surface area (Å²) in [6, 6.07) is 10.6. The number of aliphatic carboxylic acids is 2. The van der Waals surface area contributed by atoms with Crippen molar-refractivity contribution in [2.45, 2.75) is 50.5 Å². The van der Waals surface area contributed by atoms with Crippen molar-refractivity contribution in [3.63, 3.8) is 0 Å². The number of nitrogens with one attached hydrogen (secondary N) is 3. The third-order valence-electron chi connectivity index (χ3n) is 6.49. The van der Waals surface area contributed by atoms with Crippen LogP contribution in [0.2, 0.25) is 0 Å². The maximum atomic E-state index is 11.4. The van der Waals surface area contributed by atoms with Crippen LogP contribution >= 0.6 is 0 Å². The van der Waals surface area contributed by atoms with E-state index in [1.165, 1.54) is 5.56 Å². The van der Waals surface area contributed by atoms with Crippen molar-refractivity contribution < 1.29 is 24.9 Å².